The normalized spacial score (nSPS) is 18.4. The number of fused-ring (bicyclic) bond motifs is 1. The van der Waals surface area contributed by atoms with Crippen LogP contribution in [0.5, 0.6) is 0 Å². The third-order valence-corrected chi connectivity index (χ3v) is 4.58. The molecule has 3 nitrogen and oxygen atoms in total. The maximum Gasteiger partial charge on any atom is 0.257 e. The van der Waals surface area contributed by atoms with Crippen molar-refractivity contribution in [3.05, 3.63) is 50.6 Å². The molecule has 1 N–H and O–H groups in total. The van der Waals surface area contributed by atoms with Crippen LogP contribution in [0.3, 0.4) is 0 Å². The van der Waals surface area contributed by atoms with E-state index in [0.717, 1.165) is 20.6 Å². The number of anilines is 1. The second kappa shape index (κ2) is 4.40. The first-order valence-electron chi connectivity index (χ1n) is 5.53. The standard InChI is InChI=1S/C13H11BrN2OS/c1-16-12(8-6-11(14)18-7-8)15-10-5-3-2-4-9(10)13(16)17/h2-7,12,15H,1H3/t12-/m1/s1. The van der Waals surface area contributed by atoms with Gasteiger partial charge in [0, 0.05) is 18.3 Å². The minimum atomic E-state index is -0.102. The summed E-state index contributed by atoms with van der Waals surface area (Å²) in [7, 11) is 1.82. The number of carbonyl (C=O) groups is 1. The molecule has 1 aliphatic heterocycles. The first-order chi connectivity index (χ1) is 8.66. The van der Waals surface area contributed by atoms with Crippen LogP contribution in [0.2, 0.25) is 0 Å². The number of nitrogens with zero attached hydrogens (tertiary/aromatic N) is 1. The maximum atomic E-state index is 12.3. The number of benzene rings is 1. The van der Waals surface area contributed by atoms with E-state index in [0.29, 0.717) is 0 Å². The van der Waals surface area contributed by atoms with E-state index in [2.05, 4.69) is 26.6 Å². The van der Waals surface area contributed by atoms with Crippen molar-refractivity contribution in [3.63, 3.8) is 0 Å². The van der Waals surface area contributed by atoms with Crippen molar-refractivity contribution in [1.82, 2.24) is 4.90 Å². The van der Waals surface area contributed by atoms with E-state index in [1.807, 2.05) is 37.4 Å². The average Bonchev–Trinajstić information content (AvgIpc) is 2.80. The Labute approximate surface area is 118 Å². The molecule has 1 amide bonds. The lowest BCUT2D eigenvalue weighted by molar-refractivity contribution is 0.0736. The summed E-state index contributed by atoms with van der Waals surface area (Å²) in [5, 5.41) is 5.45. The van der Waals surface area contributed by atoms with Gasteiger partial charge in [0.1, 0.15) is 6.17 Å². The van der Waals surface area contributed by atoms with Gasteiger partial charge in [0.2, 0.25) is 0 Å². The zero-order valence-corrected chi connectivity index (χ0v) is 12.1. The molecule has 92 valence electrons. The molecule has 1 aliphatic rings. The summed E-state index contributed by atoms with van der Waals surface area (Å²) in [6, 6.07) is 9.65. The van der Waals surface area contributed by atoms with Crippen molar-refractivity contribution in [1.29, 1.82) is 0 Å². The van der Waals surface area contributed by atoms with Crippen molar-refractivity contribution < 1.29 is 4.79 Å². The fourth-order valence-electron chi connectivity index (χ4n) is 2.12. The summed E-state index contributed by atoms with van der Waals surface area (Å²) in [4.78, 5) is 14.0. The summed E-state index contributed by atoms with van der Waals surface area (Å²) in [5.74, 6) is 0.0525. The van der Waals surface area contributed by atoms with Crippen LogP contribution >= 0.6 is 27.3 Å². The highest BCUT2D eigenvalue weighted by Crippen LogP contribution is 2.34. The molecule has 1 aromatic heterocycles. The summed E-state index contributed by atoms with van der Waals surface area (Å²) in [5.41, 5.74) is 2.72. The van der Waals surface area contributed by atoms with Gasteiger partial charge in [-0.05, 0) is 39.5 Å². The number of hydrogen-bond acceptors (Lipinski definition) is 3. The van der Waals surface area contributed by atoms with Gasteiger partial charge < -0.3 is 10.2 Å². The van der Waals surface area contributed by atoms with Crippen LogP contribution in [0.4, 0.5) is 5.69 Å². The number of para-hydroxylation sites is 1. The number of rotatable bonds is 1. The summed E-state index contributed by atoms with van der Waals surface area (Å²) < 4.78 is 1.07. The van der Waals surface area contributed by atoms with E-state index in [4.69, 9.17) is 0 Å². The minimum Gasteiger partial charge on any atom is -0.361 e. The van der Waals surface area contributed by atoms with Crippen molar-refractivity contribution in [2.75, 3.05) is 12.4 Å². The molecule has 0 fully saturated rings. The largest absolute Gasteiger partial charge is 0.361 e. The molecule has 0 radical (unpaired) electrons. The average molecular weight is 323 g/mol. The summed E-state index contributed by atoms with van der Waals surface area (Å²) >= 11 is 5.07. The van der Waals surface area contributed by atoms with Crippen LogP contribution in [0, 0.1) is 0 Å². The van der Waals surface area contributed by atoms with E-state index in [-0.39, 0.29) is 12.1 Å². The lowest BCUT2D eigenvalue weighted by Crippen LogP contribution is -2.39. The highest BCUT2D eigenvalue weighted by atomic mass is 79.9. The predicted octanol–water partition coefficient (Wildman–Crippen LogP) is 3.71. The lowest BCUT2D eigenvalue weighted by Gasteiger charge is -2.35. The minimum absolute atomic E-state index is 0.0525. The van der Waals surface area contributed by atoms with Gasteiger partial charge in [-0.2, -0.15) is 0 Å². The smallest absolute Gasteiger partial charge is 0.257 e. The SMILES string of the molecule is CN1C(=O)c2ccccc2N[C@H]1c1csc(Br)c1. The molecule has 18 heavy (non-hydrogen) atoms. The number of carbonyl (C=O) groups excluding carboxylic acids is 1. The molecule has 1 aromatic carbocycles. The number of hydrogen-bond donors (Lipinski definition) is 1. The van der Waals surface area contributed by atoms with Gasteiger partial charge in [-0.25, -0.2) is 0 Å². The Morgan fingerprint density at radius 1 is 1.39 bits per heavy atom. The van der Waals surface area contributed by atoms with Crippen molar-refractivity contribution in [2.24, 2.45) is 0 Å². The Bertz CT molecular complexity index is 611. The van der Waals surface area contributed by atoms with Crippen LogP contribution in [0.15, 0.2) is 39.5 Å². The molecule has 0 bridgehead atoms. The van der Waals surface area contributed by atoms with Crippen LogP contribution in [-0.4, -0.2) is 17.9 Å². The van der Waals surface area contributed by atoms with E-state index >= 15 is 0 Å². The zero-order valence-electron chi connectivity index (χ0n) is 9.68. The Morgan fingerprint density at radius 3 is 2.89 bits per heavy atom. The highest BCUT2D eigenvalue weighted by Gasteiger charge is 2.30. The van der Waals surface area contributed by atoms with Gasteiger partial charge >= 0.3 is 0 Å². The summed E-state index contributed by atoms with van der Waals surface area (Å²) in [6.07, 6.45) is -0.102. The number of nitrogens with one attached hydrogen (secondary N) is 1. The molecule has 0 spiro atoms. The molecule has 2 aromatic rings. The number of thiophene rings is 1. The van der Waals surface area contributed by atoms with Crippen LogP contribution in [0.1, 0.15) is 22.1 Å². The maximum absolute atomic E-state index is 12.3. The van der Waals surface area contributed by atoms with Gasteiger partial charge in [0.25, 0.3) is 5.91 Å². The molecule has 3 rings (SSSR count). The van der Waals surface area contributed by atoms with E-state index in [1.54, 1.807) is 16.2 Å². The molecular weight excluding hydrogens is 312 g/mol. The predicted molar refractivity (Wildman–Crippen MR) is 76.9 cm³/mol. The quantitative estimate of drug-likeness (QED) is 0.868. The lowest BCUT2D eigenvalue weighted by atomic mass is 10.1. The fraction of sp³-hybridized carbons (Fsp3) is 0.154. The van der Waals surface area contributed by atoms with Crippen molar-refractivity contribution in [2.45, 2.75) is 6.17 Å². The molecular formula is C13H11BrN2OS. The van der Waals surface area contributed by atoms with Gasteiger partial charge in [-0.1, -0.05) is 12.1 Å². The Hall–Kier alpha value is -1.33. The molecule has 0 aliphatic carbocycles. The Morgan fingerprint density at radius 2 is 2.17 bits per heavy atom. The topological polar surface area (TPSA) is 32.3 Å². The third kappa shape index (κ3) is 1.83. The Kier molecular flexibility index (Phi) is 2.87. The van der Waals surface area contributed by atoms with Gasteiger partial charge in [-0.3, -0.25) is 4.79 Å². The molecule has 0 saturated heterocycles. The van der Waals surface area contributed by atoms with E-state index in [1.165, 1.54) is 0 Å². The van der Waals surface area contributed by atoms with Crippen LogP contribution in [0.25, 0.3) is 0 Å². The van der Waals surface area contributed by atoms with Gasteiger partial charge in [0.05, 0.1) is 9.35 Å². The summed E-state index contributed by atoms with van der Waals surface area (Å²) in [6.45, 7) is 0. The second-order valence-electron chi connectivity index (χ2n) is 4.19. The third-order valence-electron chi connectivity index (χ3n) is 3.06. The van der Waals surface area contributed by atoms with Gasteiger partial charge in [-0.15, -0.1) is 11.3 Å². The van der Waals surface area contributed by atoms with Gasteiger partial charge in [0.15, 0.2) is 0 Å². The Balaban J connectivity index is 2.03. The molecule has 0 saturated carbocycles. The molecule has 0 unspecified atom stereocenters. The molecule has 2 heterocycles. The fourth-order valence-corrected chi connectivity index (χ4v) is 3.32. The first-order valence-corrected chi connectivity index (χ1v) is 7.21. The van der Waals surface area contributed by atoms with E-state index < -0.39 is 0 Å². The van der Waals surface area contributed by atoms with Crippen molar-refractivity contribution >= 4 is 38.9 Å². The van der Waals surface area contributed by atoms with E-state index in [9.17, 15) is 4.79 Å². The van der Waals surface area contributed by atoms with Crippen LogP contribution in [-0.2, 0) is 0 Å². The molecule has 1 atom stereocenters. The number of halogens is 1. The zero-order chi connectivity index (χ0) is 12.7. The number of amides is 1. The second-order valence-corrected chi connectivity index (χ2v) is 6.48. The highest BCUT2D eigenvalue weighted by molar-refractivity contribution is 9.11. The monoisotopic (exact) mass is 322 g/mol. The molecule has 5 heteroatoms. The first kappa shape index (κ1) is 11.7. The van der Waals surface area contributed by atoms with Crippen LogP contribution < -0.4 is 5.32 Å². The van der Waals surface area contributed by atoms with Crippen molar-refractivity contribution in [3.8, 4) is 0 Å².